The molecule has 0 aliphatic carbocycles. The number of amides is 1. The molecule has 2 aromatic rings. The highest BCUT2D eigenvalue weighted by molar-refractivity contribution is 5.85. The Morgan fingerprint density at radius 1 is 1.11 bits per heavy atom. The second kappa shape index (κ2) is 8.24. The van der Waals surface area contributed by atoms with Gasteiger partial charge in [0.25, 0.3) is 0 Å². The Hall–Kier alpha value is -2.84. The van der Waals surface area contributed by atoms with E-state index in [4.69, 9.17) is 14.3 Å². The summed E-state index contributed by atoms with van der Waals surface area (Å²) in [4.78, 5) is 22.5. The zero-order valence-electron chi connectivity index (χ0n) is 15.3. The fraction of sp³-hybridized carbons (Fsp3) is 0.368. The van der Waals surface area contributed by atoms with E-state index in [1.165, 1.54) is 12.1 Å². The molecule has 2 atom stereocenters. The zero-order chi connectivity index (χ0) is 20.2. The minimum Gasteiger partial charge on any atom is -0.475 e. The molecule has 8 nitrogen and oxygen atoms in total. The van der Waals surface area contributed by atoms with Crippen molar-refractivity contribution in [2.75, 3.05) is 6.54 Å². The van der Waals surface area contributed by atoms with E-state index in [1.54, 1.807) is 45.0 Å². The molecule has 0 spiro atoms. The van der Waals surface area contributed by atoms with E-state index >= 15 is 0 Å². The van der Waals surface area contributed by atoms with Crippen molar-refractivity contribution in [3.63, 3.8) is 0 Å². The van der Waals surface area contributed by atoms with Crippen LogP contribution in [0.15, 0.2) is 40.8 Å². The van der Waals surface area contributed by atoms with Gasteiger partial charge in [-0.3, -0.25) is 0 Å². The summed E-state index contributed by atoms with van der Waals surface area (Å²) in [6, 6.07) is 9.33. The standard InChI is InChI=1S/C19H23NO7/c1-19(2,3)27-18(25)20-10-13(21)16(22)12-6-4-11(5-7-12)14-8-9-15(26-14)17(23)24/h4-9,13,16,21-22H,10H2,1-3H3,(H,20,25)(H,23,24). The Labute approximate surface area is 156 Å². The van der Waals surface area contributed by atoms with Gasteiger partial charge < -0.3 is 29.8 Å². The Balaban J connectivity index is 1.96. The molecule has 2 rings (SSSR count). The van der Waals surface area contributed by atoms with Gasteiger partial charge in [0, 0.05) is 12.1 Å². The number of ether oxygens (including phenoxy) is 1. The summed E-state index contributed by atoms with van der Waals surface area (Å²) in [5.41, 5.74) is 0.401. The normalized spacial score (nSPS) is 13.7. The number of nitrogens with one attached hydrogen (secondary N) is 1. The first kappa shape index (κ1) is 20.5. The largest absolute Gasteiger partial charge is 0.475 e. The highest BCUT2D eigenvalue weighted by Crippen LogP contribution is 2.25. The molecule has 0 fully saturated rings. The van der Waals surface area contributed by atoms with Crippen molar-refractivity contribution in [2.45, 2.75) is 38.6 Å². The molecule has 1 aromatic carbocycles. The van der Waals surface area contributed by atoms with E-state index in [0.717, 1.165) is 0 Å². The van der Waals surface area contributed by atoms with E-state index in [0.29, 0.717) is 16.9 Å². The summed E-state index contributed by atoms with van der Waals surface area (Å²) < 4.78 is 10.3. The maximum absolute atomic E-state index is 11.6. The molecule has 146 valence electrons. The van der Waals surface area contributed by atoms with Gasteiger partial charge in [0.05, 0.1) is 0 Å². The van der Waals surface area contributed by atoms with Crippen LogP contribution in [0.4, 0.5) is 4.79 Å². The molecule has 1 heterocycles. The molecule has 0 aliphatic rings. The summed E-state index contributed by atoms with van der Waals surface area (Å²) in [5.74, 6) is -0.952. The molecule has 1 aromatic heterocycles. The van der Waals surface area contributed by atoms with Crippen LogP contribution >= 0.6 is 0 Å². The molecule has 1 amide bonds. The van der Waals surface area contributed by atoms with E-state index < -0.39 is 29.9 Å². The summed E-state index contributed by atoms with van der Waals surface area (Å²) in [5, 5.41) is 31.6. The van der Waals surface area contributed by atoms with Gasteiger partial charge in [-0.2, -0.15) is 0 Å². The lowest BCUT2D eigenvalue weighted by Crippen LogP contribution is -2.38. The molecular formula is C19H23NO7. The maximum Gasteiger partial charge on any atom is 0.407 e. The van der Waals surface area contributed by atoms with Gasteiger partial charge in [-0.15, -0.1) is 0 Å². The van der Waals surface area contributed by atoms with E-state index in [2.05, 4.69) is 5.32 Å². The van der Waals surface area contributed by atoms with Gasteiger partial charge >= 0.3 is 12.1 Å². The van der Waals surface area contributed by atoms with Crippen molar-refractivity contribution in [2.24, 2.45) is 0 Å². The van der Waals surface area contributed by atoms with Crippen LogP contribution in [0.25, 0.3) is 11.3 Å². The van der Waals surface area contributed by atoms with Crippen molar-refractivity contribution in [3.8, 4) is 11.3 Å². The summed E-state index contributed by atoms with van der Waals surface area (Å²) in [7, 11) is 0. The number of rotatable bonds is 6. The van der Waals surface area contributed by atoms with Crippen LogP contribution in [0.1, 0.15) is 43.0 Å². The minimum absolute atomic E-state index is 0.169. The number of carboxylic acids is 1. The van der Waals surface area contributed by atoms with Crippen molar-refractivity contribution < 1.29 is 34.1 Å². The highest BCUT2D eigenvalue weighted by Gasteiger charge is 2.21. The van der Waals surface area contributed by atoms with Crippen LogP contribution in [-0.4, -0.2) is 45.6 Å². The molecule has 2 unspecified atom stereocenters. The zero-order valence-corrected chi connectivity index (χ0v) is 15.3. The molecular weight excluding hydrogens is 354 g/mol. The monoisotopic (exact) mass is 377 g/mol. The first-order chi connectivity index (χ1) is 12.6. The van der Waals surface area contributed by atoms with Crippen molar-refractivity contribution >= 4 is 12.1 Å². The first-order valence-electron chi connectivity index (χ1n) is 8.33. The topological polar surface area (TPSA) is 129 Å². The fourth-order valence-electron chi connectivity index (χ4n) is 2.29. The van der Waals surface area contributed by atoms with Crippen LogP contribution in [0.3, 0.4) is 0 Å². The van der Waals surface area contributed by atoms with Crippen LogP contribution < -0.4 is 5.32 Å². The molecule has 0 saturated heterocycles. The third kappa shape index (κ3) is 5.83. The van der Waals surface area contributed by atoms with Crippen molar-refractivity contribution in [1.82, 2.24) is 5.32 Å². The average Bonchev–Trinajstić information content (AvgIpc) is 3.08. The number of alkyl carbamates (subject to hydrolysis) is 1. The lowest BCUT2D eigenvalue weighted by atomic mass is 10.0. The smallest absolute Gasteiger partial charge is 0.407 e. The predicted octanol–water partition coefficient (Wildman–Crippen LogP) is 2.56. The summed E-state index contributed by atoms with van der Waals surface area (Å²) in [6.45, 7) is 4.98. The van der Waals surface area contributed by atoms with Gasteiger partial charge in [-0.05, 0) is 38.5 Å². The average molecular weight is 377 g/mol. The van der Waals surface area contributed by atoms with E-state index in [-0.39, 0.29) is 12.3 Å². The van der Waals surface area contributed by atoms with Crippen molar-refractivity contribution in [1.29, 1.82) is 0 Å². The highest BCUT2D eigenvalue weighted by atomic mass is 16.6. The van der Waals surface area contributed by atoms with Gasteiger partial charge in [-0.25, -0.2) is 9.59 Å². The van der Waals surface area contributed by atoms with E-state index in [9.17, 15) is 19.8 Å². The van der Waals surface area contributed by atoms with Crippen molar-refractivity contribution in [3.05, 3.63) is 47.7 Å². The number of aliphatic hydroxyl groups excluding tert-OH is 2. The molecule has 4 N–H and O–H groups in total. The molecule has 27 heavy (non-hydrogen) atoms. The van der Waals surface area contributed by atoms with Crippen LogP contribution in [0.5, 0.6) is 0 Å². The Bertz CT molecular complexity index is 789. The first-order valence-corrected chi connectivity index (χ1v) is 8.33. The number of furan rings is 1. The molecule has 8 heteroatoms. The van der Waals surface area contributed by atoms with Crippen LogP contribution in [-0.2, 0) is 4.74 Å². The maximum atomic E-state index is 11.6. The molecule has 0 aliphatic heterocycles. The number of aliphatic hydroxyl groups is 2. The number of aromatic carboxylic acids is 1. The number of carboxylic acid groups (broad SMARTS) is 1. The summed E-state index contributed by atoms with van der Waals surface area (Å²) in [6.07, 6.45) is -3.14. The Morgan fingerprint density at radius 3 is 2.26 bits per heavy atom. The molecule has 0 radical (unpaired) electrons. The Kier molecular flexibility index (Phi) is 6.24. The lowest BCUT2D eigenvalue weighted by molar-refractivity contribution is 0.0129. The van der Waals surface area contributed by atoms with Gasteiger partial charge in [0.15, 0.2) is 0 Å². The quantitative estimate of drug-likeness (QED) is 0.609. The van der Waals surface area contributed by atoms with Crippen LogP contribution in [0.2, 0.25) is 0 Å². The second-order valence-corrected chi connectivity index (χ2v) is 6.99. The SMILES string of the molecule is CC(C)(C)OC(=O)NCC(O)C(O)c1ccc(-c2ccc(C(=O)O)o2)cc1. The van der Waals surface area contributed by atoms with E-state index in [1.807, 2.05) is 0 Å². The number of hydrogen-bond acceptors (Lipinski definition) is 6. The lowest BCUT2D eigenvalue weighted by Gasteiger charge is -2.22. The summed E-state index contributed by atoms with van der Waals surface area (Å²) >= 11 is 0. The number of carbonyl (C=O) groups is 2. The van der Waals surface area contributed by atoms with Gasteiger partial charge in [0.1, 0.15) is 23.6 Å². The van der Waals surface area contributed by atoms with Gasteiger partial charge in [-0.1, -0.05) is 24.3 Å². The third-order valence-electron chi connectivity index (χ3n) is 3.57. The fourth-order valence-corrected chi connectivity index (χ4v) is 2.29. The number of hydrogen-bond donors (Lipinski definition) is 4. The second-order valence-electron chi connectivity index (χ2n) is 6.99. The number of carbonyl (C=O) groups excluding carboxylic acids is 1. The Morgan fingerprint density at radius 2 is 1.74 bits per heavy atom. The molecule has 0 bridgehead atoms. The number of benzene rings is 1. The minimum atomic E-state index is -1.23. The third-order valence-corrected chi connectivity index (χ3v) is 3.57. The van der Waals surface area contributed by atoms with Crippen LogP contribution in [0, 0.1) is 0 Å². The van der Waals surface area contributed by atoms with Gasteiger partial charge in [0.2, 0.25) is 5.76 Å². The predicted molar refractivity (Wildman–Crippen MR) is 96.3 cm³/mol. The molecule has 0 saturated carbocycles.